The van der Waals surface area contributed by atoms with Gasteiger partial charge >= 0.3 is 0 Å². The van der Waals surface area contributed by atoms with E-state index in [-0.39, 0.29) is 11.7 Å². The second kappa shape index (κ2) is 6.61. The maximum Gasteiger partial charge on any atom is 0.238 e. The predicted octanol–water partition coefficient (Wildman–Crippen LogP) is 3.14. The average Bonchev–Trinajstić information content (AvgIpc) is 2.44. The molecule has 0 heterocycles. The fourth-order valence-electron chi connectivity index (χ4n) is 2.12. The molecule has 6 heteroatoms. The SMILES string of the molecule is CCC(CC)(C(=O)Nc1cc(C)ccc1Cl)/C(N)=N/O. The van der Waals surface area contributed by atoms with Crippen molar-refractivity contribution in [2.75, 3.05) is 5.32 Å². The van der Waals surface area contributed by atoms with Crippen molar-refractivity contribution in [2.24, 2.45) is 16.3 Å². The van der Waals surface area contributed by atoms with E-state index in [1.54, 1.807) is 12.1 Å². The van der Waals surface area contributed by atoms with Gasteiger partial charge < -0.3 is 16.3 Å². The van der Waals surface area contributed by atoms with Crippen molar-refractivity contribution < 1.29 is 10.0 Å². The number of nitrogens with one attached hydrogen (secondary N) is 1. The van der Waals surface area contributed by atoms with Crippen LogP contribution in [0.15, 0.2) is 23.4 Å². The molecule has 20 heavy (non-hydrogen) atoms. The molecule has 0 radical (unpaired) electrons. The van der Waals surface area contributed by atoms with Crippen LogP contribution in [-0.2, 0) is 4.79 Å². The highest BCUT2D eigenvalue weighted by atomic mass is 35.5. The van der Waals surface area contributed by atoms with Gasteiger partial charge in [0.1, 0.15) is 5.41 Å². The average molecular weight is 298 g/mol. The maximum atomic E-state index is 12.5. The molecule has 0 saturated heterocycles. The molecule has 1 aromatic carbocycles. The molecule has 4 N–H and O–H groups in total. The van der Waals surface area contributed by atoms with E-state index in [0.29, 0.717) is 23.6 Å². The van der Waals surface area contributed by atoms with Gasteiger partial charge in [0.2, 0.25) is 5.91 Å². The molecular formula is C14H20ClN3O2. The molecule has 0 atom stereocenters. The van der Waals surface area contributed by atoms with Gasteiger partial charge in [0.05, 0.1) is 10.7 Å². The lowest BCUT2D eigenvalue weighted by molar-refractivity contribution is -0.122. The van der Waals surface area contributed by atoms with Gasteiger partial charge in [0.25, 0.3) is 0 Å². The molecule has 0 aliphatic rings. The van der Waals surface area contributed by atoms with Crippen LogP contribution in [0.3, 0.4) is 0 Å². The monoisotopic (exact) mass is 297 g/mol. The van der Waals surface area contributed by atoms with Gasteiger partial charge in [0, 0.05) is 0 Å². The Morgan fingerprint density at radius 2 is 2.05 bits per heavy atom. The fourth-order valence-corrected chi connectivity index (χ4v) is 2.29. The summed E-state index contributed by atoms with van der Waals surface area (Å²) in [4.78, 5) is 12.5. The van der Waals surface area contributed by atoms with Crippen LogP contribution in [0.5, 0.6) is 0 Å². The third-order valence-corrected chi connectivity index (χ3v) is 3.94. The highest BCUT2D eigenvalue weighted by Crippen LogP contribution is 2.31. The standard InChI is InChI=1S/C14H20ClN3O2/c1-4-14(5-2,12(16)18-20)13(19)17-11-8-9(3)6-7-10(11)15/h6-8,20H,4-5H2,1-3H3,(H2,16,18)(H,17,19). The van der Waals surface area contributed by atoms with Crippen molar-refractivity contribution in [3.63, 3.8) is 0 Å². The number of halogens is 1. The van der Waals surface area contributed by atoms with Crippen molar-refractivity contribution in [1.29, 1.82) is 0 Å². The van der Waals surface area contributed by atoms with Gasteiger partial charge in [-0.3, -0.25) is 4.79 Å². The summed E-state index contributed by atoms with van der Waals surface area (Å²) in [5, 5.41) is 15.1. The lowest BCUT2D eigenvalue weighted by atomic mass is 9.80. The van der Waals surface area contributed by atoms with E-state index in [9.17, 15) is 4.79 Å². The molecule has 0 spiro atoms. The summed E-state index contributed by atoms with van der Waals surface area (Å²) >= 11 is 6.06. The number of carbonyl (C=O) groups excluding carboxylic acids is 1. The second-order valence-electron chi connectivity index (χ2n) is 4.71. The Kier molecular flexibility index (Phi) is 5.39. The van der Waals surface area contributed by atoms with Crippen LogP contribution in [0.4, 0.5) is 5.69 Å². The predicted molar refractivity (Wildman–Crippen MR) is 81.2 cm³/mol. The van der Waals surface area contributed by atoms with Gasteiger partial charge in [-0.25, -0.2) is 0 Å². The molecule has 110 valence electrons. The number of oxime groups is 1. The van der Waals surface area contributed by atoms with Crippen LogP contribution in [0.1, 0.15) is 32.3 Å². The van der Waals surface area contributed by atoms with Crippen molar-refractivity contribution in [2.45, 2.75) is 33.6 Å². The Morgan fingerprint density at radius 3 is 2.55 bits per heavy atom. The quantitative estimate of drug-likeness (QED) is 0.338. The molecule has 0 saturated carbocycles. The van der Waals surface area contributed by atoms with Gasteiger partial charge in [-0.2, -0.15) is 0 Å². The Morgan fingerprint density at radius 1 is 1.45 bits per heavy atom. The Balaban J connectivity index is 3.12. The lowest BCUT2D eigenvalue weighted by Crippen LogP contribution is -2.46. The maximum absolute atomic E-state index is 12.5. The van der Waals surface area contributed by atoms with Gasteiger partial charge in [-0.1, -0.05) is 36.7 Å². The van der Waals surface area contributed by atoms with E-state index >= 15 is 0 Å². The first-order valence-electron chi connectivity index (χ1n) is 6.46. The number of amides is 1. The zero-order valence-corrected chi connectivity index (χ0v) is 12.7. The summed E-state index contributed by atoms with van der Waals surface area (Å²) in [5.74, 6) is -0.422. The number of hydrogen-bond acceptors (Lipinski definition) is 3. The summed E-state index contributed by atoms with van der Waals surface area (Å²) in [5.41, 5.74) is 6.16. The highest BCUT2D eigenvalue weighted by molar-refractivity contribution is 6.34. The van der Waals surface area contributed by atoms with Gasteiger partial charge in [-0.15, -0.1) is 0 Å². The normalized spacial score (nSPS) is 12.3. The van der Waals surface area contributed by atoms with Crippen LogP contribution >= 0.6 is 11.6 Å². The Hall–Kier alpha value is -1.75. The number of nitrogens with two attached hydrogens (primary N) is 1. The molecule has 5 nitrogen and oxygen atoms in total. The molecular weight excluding hydrogens is 278 g/mol. The van der Waals surface area contributed by atoms with Crippen LogP contribution in [0.25, 0.3) is 0 Å². The Labute approximate surface area is 123 Å². The summed E-state index contributed by atoms with van der Waals surface area (Å²) < 4.78 is 0. The number of rotatable bonds is 5. The molecule has 0 fully saturated rings. The second-order valence-corrected chi connectivity index (χ2v) is 5.12. The van der Waals surface area contributed by atoms with Crippen LogP contribution in [0.2, 0.25) is 5.02 Å². The number of aryl methyl sites for hydroxylation is 1. The molecule has 0 aromatic heterocycles. The van der Waals surface area contributed by atoms with E-state index in [1.807, 2.05) is 26.8 Å². The number of benzene rings is 1. The minimum atomic E-state index is -1.04. The molecule has 0 bridgehead atoms. The summed E-state index contributed by atoms with van der Waals surface area (Å²) in [7, 11) is 0. The number of amidine groups is 1. The lowest BCUT2D eigenvalue weighted by Gasteiger charge is -2.28. The van der Waals surface area contributed by atoms with Crippen molar-refractivity contribution >= 4 is 29.0 Å². The van der Waals surface area contributed by atoms with Gasteiger partial charge in [-0.05, 0) is 37.5 Å². The smallest absolute Gasteiger partial charge is 0.238 e. The molecule has 1 rings (SSSR count). The van der Waals surface area contributed by atoms with Crippen molar-refractivity contribution in [3.8, 4) is 0 Å². The third-order valence-electron chi connectivity index (χ3n) is 3.61. The number of hydrogen-bond donors (Lipinski definition) is 3. The van der Waals surface area contributed by atoms with E-state index < -0.39 is 5.41 Å². The zero-order chi connectivity index (χ0) is 15.3. The highest BCUT2D eigenvalue weighted by Gasteiger charge is 2.40. The number of carbonyl (C=O) groups is 1. The first kappa shape index (κ1) is 16.3. The van der Waals surface area contributed by atoms with Crippen LogP contribution < -0.4 is 11.1 Å². The minimum Gasteiger partial charge on any atom is -0.409 e. The fraction of sp³-hybridized carbons (Fsp3) is 0.429. The Bertz CT molecular complexity index is 525. The first-order chi connectivity index (χ1) is 9.41. The van der Waals surface area contributed by atoms with Crippen molar-refractivity contribution in [3.05, 3.63) is 28.8 Å². The van der Waals surface area contributed by atoms with E-state index in [2.05, 4.69) is 10.5 Å². The van der Waals surface area contributed by atoms with E-state index in [1.165, 1.54) is 0 Å². The largest absolute Gasteiger partial charge is 0.409 e. The van der Waals surface area contributed by atoms with Crippen molar-refractivity contribution in [1.82, 2.24) is 0 Å². The zero-order valence-electron chi connectivity index (χ0n) is 11.9. The number of anilines is 1. The topological polar surface area (TPSA) is 87.7 Å². The van der Waals surface area contributed by atoms with E-state index in [4.69, 9.17) is 22.5 Å². The molecule has 0 unspecified atom stereocenters. The first-order valence-corrected chi connectivity index (χ1v) is 6.84. The van der Waals surface area contributed by atoms with Crippen LogP contribution in [0, 0.1) is 12.3 Å². The third kappa shape index (κ3) is 3.04. The van der Waals surface area contributed by atoms with Gasteiger partial charge in [0.15, 0.2) is 5.84 Å². The molecule has 1 amide bonds. The molecule has 1 aromatic rings. The summed E-state index contributed by atoms with van der Waals surface area (Å²) in [6.45, 7) is 5.54. The summed E-state index contributed by atoms with van der Waals surface area (Å²) in [6.07, 6.45) is 0.851. The minimum absolute atomic E-state index is 0.0937. The summed E-state index contributed by atoms with van der Waals surface area (Å²) in [6, 6.07) is 5.35. The van der Waals surface area contributed by atoms with Crippen LogP contribution in [-0.4, -0.2) is 17.0 Å². The molecule has 0 aliphatic heterocycles. The van der Waals surface area contributed by atoms with E-state index in [0.717, 1.165) is 5.56 Å². The number of nitrogens with zero attached hydrogens (tertiary/aromatic N) is 1. The molecule has 0 aliphatic carbocycles.